The lowest BCUT2D eigenvalue weighted by Crippen LogP contribution is -2.63. The molecule has 808 valence electrons. The first-order valence-electron chi connectivity index (χ1n) is 47.1. The van der Waals surface area contributed by atoms with E-state index < -0.39 is 323 Å². The maximum absolute atomic E-state index is 15.8. The molecule has 4 fully saturated rings. The van der Waals surface area contributed by atoms with E-state index in [4.69, 9.17) is 55.7 Å². The molecule has 18 amide bonds. The Hall–Kier alpha value is -12.4. The van der Waals surface area contributed by atoms with Crippen molar-refractivity contribution in [2.75, 3.05) is 73.8 Å². The van der Waals surface area contributed by atoms with Gasteiger partial charge in [-0.15, -0.1) is 0 Å². The number of carbonyl (C=O) groups is 19. The molecule has 5 rings (SSSR count). The molecule has 19 atom stereocenters. The fourth-order valence-corrected chi connectivity index (χ4v) is 21.5. The summed E-state index contributed by atoms with van der Waals surface area (Å²) < 4.78 is 0. The van der Waals surface area contributed by atoms with Crippen LogP contribution in [0.1, 0.15) is 144 Å². The van der Waals surface area contributed by atoms with E-state index in [0.717, 1.165) is 71.7 Å². The smallest absolute Gasteiger partial charge is 0.303 e. The van der Waals surface area contributed by atoms with Gasteiger partial charge >= 0.3 is 5.97 Å². The van der Waals surface area contributed by atoms with E-state index in [1.54, 1.807) is 51.1 Å². The zero-order valence-electron chi connectivity index (χ0n) is 81.6. The molecule has 40 N–H and O–H groups in total. The zero-order chi connectivity index (χ0) is 108. The molecule has 60 heteroatoms. The number of hydrogen-bond donors (Lipinski definition) is 35. The number of carboxylic acid groups (broad SMARTS) is 1. The molecule has 4 heterocycles. The summed E-state index contributed by atoms with van der Waals surface area (Å²) in [5.74, 6) is -29.3. The second-order valence-electron chi connectivity index (χ2n) is 35.3. The Kier molecular flexibility index (Phi) is 54.7. The number of benzene rings is 1. The van der Waals surface area contributed by atoms with Crippen LogP contribution in [0.25, 0.3) is 0 Å². The molecule has 0 saturated carbocycles. The standard InChI is InChI=1S/C85H141N33O21S6/c1-8-42(6)62-79(138)115-58-39-145-141-35-54(113-71(130)52(32-44-17-10-9-11-18-44)102-59(120)33-101-64(123)45(19-12-26-96-81(86)87)108-80(139)63(43(7)119)118-77(58)136)73(132)105-48(22-15-29-99-84(92)93)67(126)110-55-36-142-144-38-57(76(135)117-62)111-68(127)49(23-16-30-100-85(94)95)106-74(133)56-37-143-140-34-53(112-70(129)51(31-40(2)3)109-75(55)134)72(131)104-47(21-14-28-98-83(90)91)65(124)103-46(20-13-27-97-82(88)89)66(125)107-50(24-25-60(121)122)69(128)116-61(41(4)5)78(137)114-56/h9-11,17-18,40-43,45-58,61-63,119H,8,12-16,19-39H2,1-7H3,(H,101,123)(H,102,120)(H,103,124)(H,104,131)(H,105,132)(H,106,133)(H,107,125)(H,108,139)(H,109,134)(H,110,126)(H,111,127)(H,112,129)(H,113,130)(H,114,137)(H,115,138)(H,116,128)(H,117,135)(H,118,136)(H,121,122)(H4,86,87,96)(H4,88,89,97)(H4,90,91,98)(H4,92,93,99)(H4,94,95,100)/t42-,43+,45-,46-,47-,48-,49-,50-,51-,52-,53-,54-,55-,56-,57-,58-,61-,62-,63-/m0/s1. The number of carboxylic acids is 1. The van der Waals surface area contributed by atoms with Gasteiger partial charge < -0.3 is 161 Å². The Morgan fingerprint density at radius 1 is 0.345 bits per heavy atom. The number of nitrogens with one attached hydrogen (secondary N) is 28. The van der Waals surface area contributed by atoms with E-state index in [1.807, 2.05) is 0 Å². The summed E-state index contributed by atoms with van der Waals surface area (Å²) in [6.07, 6.45) is -5.53. The van der Waals surface area contributed by atoms with Crippen LogP contribution in [0.3, 0.4) is 0 Å². The van der Waals surface area contributed by atoms with Crippen molar-refractivity contribution in [1.29, 1.82) is 27.0 Å². The van der Waals surface area contributed by atoms with Gasteiger partial charge in [0.15, 0.2) is 29.8 Å². The van der Waals surface area contributed by atoms with Gasteiger partial charge in [0.25, 0.3) is 0 Å². The van der Waals surface area contributed by atoms with Crippen molar-refractivity contribution < 1.29 is 101 Å². The predicted molar refractivity (Wildman–Crippen MR) is 549 cm³/mol. The van der Waals surface area contributed by atoms with Gasteiger partial charge in [-0.3, -0.25) is 118 Å². The summed E-state index contributed by atoms with van der Waals surface area (Å²) in [5.41, 5.74) is 28.6. The molecule has 0 radical (unpaired) electrons. The second-order valence-corrected chi connectivity index (χ2v) is 43.0. The zero-order valence-corrected chi connectivity index (χ0v) is 86.5. The summed E-state index contributed by atoms with van der Waals surface area (Å²) in [7, 11) is 4.68. The first-order chi connectivity index (χ1) is 68.6. The Balaban J connectivity index is 1.89. The minimum Gasteiger partial charge on any atom is -0.481 e. The van der Waals surface area contributed by atoms with Crippen LogP contribution in [-0.2, 0) is 97.5 Å². The minimum atomic E-state index is -1.95. The predicted octanol–water partition coefficient (Wildman–Crippen LogP) is -8.90. The summed E-state index contributed by atoms with van der Waals surface area (Å²) in [4.78, 5) is 286. The first-order valence-corrected chi connectivity index (χ1v) is 54.6. The second kappa shape index (κ2) is 64.4. The number of rotatable bonds is 31. The van der Waals surface area contributed by atoms with E-state index in [-0.39, 0.29) is 116 Å². The van der Waals surface area contributed by atoms with E-state index in [9.17, 15) is 39.0 Å². The third-order valence-corrected chi connectivity index (χ3v) is 29.9. The highest BCUT2D eigenvalue weighted by Gasteiger charge is 2.43. The van der Waals surface area contributed by atoms with Crippen LogP contribution in [0.4, 0.5) is 0 Å². The Bertz CT molecular complexity index is 4680. The molecular formula is C85H141N33O21S6. The van der Waals surface area contributed by atoms with Gasteiger partial charge in [-0.05, 0) is 107 Å². The fourth-order valence-electron chi connectivity index (χ4n) is 14.5. The van der Waals surface area contributed by atoms with Crippen molar-refractivity contribution in [3.63, 3.8) is 0 Å². The molecule has 4 aliphatic rings. The van der Waals surface area contributed by atoms with Crippen LogP contribution in [0.2, 0.25) is 0 Å². The minimum absolute atomic E-state index is 0.0187. The van der Waals surface area contributed by atoms with Crippen LogP contribution in [0.15, 0.2) is 30.3 Å². The van der Waals surface area contributed by atoms with E-state index in [0.29, 0.717) is 5.56 Å². The molecular weight excluding hydrogens is 2010 g/mol. The van der Waals surface area contributed by atoms with Gasteiger partial charge in [0.05, 0.1) is 12.6 Å². The maximum Gasteiger partial charge on any atom is 0.303 e. The molecule has 0 unspecified atom stereocenters. The lowest BCUT2D eigenvalue weighted by Gasteiger charge is -2.31. The van der Waals surface area contributed by atoms with E-state index >= 15 is 62.3 Å². The lowest BCUT2D eigenvalue weighted by atomic mass is 9.97. The van der Waals surface area contributed by atoms with Crippen LogP contribution in [-0.4, -0.2) is 335 Å². The summed E-state index contributed by atoms with van der Waals surface area (Å²) in [6, 6.07) is -21.5. The van der Waals surface area contributed by atoms with E-state index in [1.165, 1.54) is 20.8 Å². The first kappa shape index (κ1) is 123. The van der Waals surface area contributed by atoms with Crippen LogP contribution in [0.5, 0.6) is 0 Å². The number of fused-ring (bicyclic) bond motifs is 15. The van der Waals surface area contributed by atoms with Crippen molar-refractivity contribution in [2.45, 2.75) is 254 Å². The monoisotopic (exact) mass is 2150 g/mol. The van der Waals surface area contributed by atoms with Gasteiger partial charge in [-0.2, -0.15) is 0 Å². The molecule has 6 bridgehead atoms. The number of nitrogens with two attached hydrogens (primary N) is 5. The summed E-state index contributed by atoms with van der Waals surface area (Å²) in [5, 5.41) is 120. The normalized spacial score (nSPS) is 26.0. The van der Waals surface area contributed by atoms with E-state index in [2.05, 4.69) is 122 Å². The van der Waals surface area contributed by atoms with Crippen molar-refractivity contribution in [1.82, 2.24) is 122 Å². The van der Waals surface area contributed by atoms with Crippen molar-refractivity contribution in [2.24, 2.45) is 46.4 Å². The number of guanidine groups is 5. The molecule has 145 heavy (non-hydrogen) atoms. The highest BCUT2D eigenvalue weighted by atomic mass is 33.1. The van der Waals surface area contributed by atoms with Crippen molar-refractivity contribution >= 4 is 207 Å². The van der Waals surface area contributed by atoms with Gasteiger partial charge in [-0.1, -0.05) is 143 Å². The molecule has 1 aromatic rings. The summed E-state index contributed by atoms with van der Waals surface area (Å²) >= 11 is 0. The van der Waals surface area contributed by atoms with Gasteiger partial charge in [0.2, 0.25) is 106 Å². The molecule has 0 aliphatic carbocycles. The van der Waals surface area contributed by atoms with Gasteiger partial charge in [-0.25, -0.2) is 0 Å². The molecule has 4 aliphatic heterocycles. The fraction of sp³-hybridized carbons (Fsp3) is 0.647. The molecule has 54 nitrogen and oxygen atoms in total. The SMILES string of the molecule is CC[C@H](C)[C@@H]1NC(=O)[C@@H]2CSSC[C@H](NC(=O)[C@H](CCCNC(=N)N)NC(=O)[C@@H]3CSSC[C@H](NC1=O)C(=O)N[C@@H]([C@@H](C)O)C(=O)N[C@@H](CCCNC(=N)N)C(=O)NCC(=O)N[C@@H](Cc1ccccc1)C(=O)N3)C(=O)N[C@@H](CC(C)C)C(=O)N[C@H]1CSSC[C@H](NC(=O)[C@H](C(C)C)NC(=O)[C@H](CCC(=O)O)NC(=O)[C@H](CCCNC(=N)N)NC(=O)[C@H](CCCNC(=N)N)NC1=O)C(=O)N[C@@H](CCCNC(=N)N)C(=O)N2. The van der Waals surface area contributed by atoms with Gasteiger partial charge in [0, 0.05) is 80.1 Å². The maximum atomic E-state index is 15.8. The third kappa shape index (κ3) is 45.8. The molecule has 1 aromatic carbocycles. The number of aliphatic carboxylic acids is 1. The average molecular weight is 2150 g/mol. The molecule has 0 aromatic heterocycles. The summed E-state index contributed by atoms with van der Waals surface area (Å²) in [6.45, 7) is 9.28. The number of aliphatic hydroxyl groups is 1. The highest BCUT2D eigenvalue weighted by molar-refractivity contribution is 8.77. The number of aliphatic hydroxyl groups excluding tert-OH is 1. The topological polar surface area (TPSA) is 891 Å². The largest absolute Gasteiger partial charge is 0.481 e. The van der Waals surface area contributed by atoms with Crippen molar-refractivity contribution in [3.05, 3.63) is 35.9 Å². The number of hydrogen-bond acceptors (Lipinski definition) is 31. The van der Waals surface area contributed by atoms with Crippen LogP contribution >= 0.6 is 64.8 Å². The number of amides is 18. The molecule has 4 saturated heterocycles. The lowest BCUT2D eigenvalue weighted by molar-refractivity contribution is -0.139. The quantitative estimate of drug-likeness (QED) is 0.0142. The third-order valence-electron chi connectivity index (χ3n) is 22.6. The number of carbonyl (C=O) groups excluding carboxylic acids is 18. The van der Waals surface area contributed by atoms with Crippen LogP contribution in [0, 0.1) is 44.8 Å². The Labute approximate surface area is 862 Å². The van der Waals surface area contributed by atoms with Crippen LogP contribution < -0.4 is 151 Å². The highest BCUT2D eigenvalue weighted by Crippen LogP contribution is 2.29. The van der Waals surface area contributed by atoms with Gasteiger partial charge in [0.1, 0.15) is 103 Å². The molecule has 0 spiro atoms. The Morgan fingerprint density at radius 2 is 0.614 bits per heavy atom. The average Bonchev–Trinajstić information content (AvgIpc) is 0.845. The Morgan fingerprint density at radius 3 is 0.945 bits per heavy atom. The van der Waals surface area contributed by atoms with Crippen molar-refractivity contribution in [3.8, 4) is 0 Å².